The molecule has 0 radical (unpaired) electrons. The molecule has 336 valence electrons. The summed E-state index contributed by atoms with van der Waals surface area (Å²) >= 11 is 0. The summed E-state index contributed by atoms with van der Waals surface area (Å²) in [6, 6.07) is 70.3. The van der Waals surface area contributed by atoms with Crippen molar-refractivity contribution in [3.63, 3.8) is 0 Å². The van der Waals surface area contributed by atoms with E-state index in [0.29, 0.717) is 16.8 Å². The van der Waals surface area contributed by atoms with Crippen molar-refractivity contribution in [2.75, 3.05) is 4.90 Å². The molecule has 2 aliphatic rings. The number of nitrogens with zero attached hydrogens (tertiary/aromatic N) is 5. The number of aromatic nitrogens is 2. The van der Waals surface area contributed by atoms with Crippen molar-refractivity contribution in [1.29, 1.82) is 10.5 Å². The quantitative estimate of drug-likeness (QED) is 0.167. The van der Waals surface area contributed by atoms with Gasteiger partial charge in [0.1, 0.15) is 23.3 Å². The van der Waals surface area contributed by atoms with E-state index in [1.807, 2.05) is 6.07 Å². The number of nitriles is 2. The maximum Gasteiger partial charge on any atom is 0.104 e. The topological polar surface area (TPSA) is 60.7 Å². The summed E-state index contributed by atoms with van der Waals surface area (Å²) in [7, 11) is 0. The highest BCUT2D eigenvalue weighted by molar-refractivity contribution is 6.15. The zero-order valence-corrected chi connectivity index (χ0v) is 39.9. The van der Waals surface area contributed by atoms with E-state index in [1.165, 1.54) is 11.1 Å². The first-order valence-electron chi connectivity index (χ1n) is 24.4. The summed E-state index contributed by atoms with van der Waals surface area (Å²) in [5.41, 5.74) is 19.8. The summed E-state index contributed by atoms with van der Waals surface area (Å²) in [6.45, 7) is 8.57. The van der Waals surface area contributed by atoms with Crippen LogP contribution in [0.25, 0.3) is 88.4 Å². The fourth-order valence-electron chi connectivity index (χ4n) is 11.8. The molecule has 5 heteroatoms. The van der Waals surface area contributed by atoms with Gasteiger partial charge in [-0.2, -0.15) is 10.5 Å². The molecule has 0 spiro atoms. The summed E-state index contributed by atoms with van der Waals surface area (Å²) in [5.74, 6) is 0.00827. The Labute approximate surface area is 413 Å². The van der Waals surface area contributed by atoms with Crippen LogP contribution in [-0.4, -0.2) is 15.2 Å². The van der Waals surface area contributed by atoms with E-state index in [-0.39, 0.29) is 12.0 Å². The maximum absolute atomic E-state index is 12.3. The average Bonchev–Trinajstić information content (AvgIpc) is 4.01. The molecule has 0 fully saturated rings. The van der Waals surface area contributed by atoms with Crippen molar-refractivity contribution < 1.29 is 0 Å². The molecule has 0 N–H and O–H groups in total. The number of benzene rings is 9. The molecule has 5 nitrogen and oxygen atoms in total. The first kappa shape index (κ1) is 42.0. The van der Waals surface area contributed by atoms with Gasteiger partial charge in [0, 0.05) is 38.7 Å². The number of hydrogen-bond acceptors (Lipinski definition) is 3. The van der Waals surface area contributed by atoms with Crippen LogP contribution < -0.4 is 4.90 Å². The molecule has 0 amide bonds. The number of aryl methyl sites for hydroxylation is 3. The molecule has 71 heavy (non-hydrogen) atoms. The van der Waals surface area contributed by atoms with Gasteiger partial charge in [0.05, 0.1) is 45.2 Å². The Morgan fingerprint density at radius 3 is 1.35 bits per heavy atom. The Balaban J connectivity index is 1.26. The Bertz CT molecular complexity index is 3970. The monoisotopic (exact) mass is 909 g/mol. The van der Waals surface area contributed by atoms with Crippen LogP contribution in [0.4, 0.5) is 11.4 Å². The smallest absolute Gasteiger partial charge is 0.104 e. The Kier molecular flexibility index (Phi) is 9.60. The van der Waals surface area contributed by atoms with Crippen LogP contribution in [0.2, 0.25) is 0 Å². The molecule has 2 atom stereocenters. The predicted molar refractivity (Wildman–Crippen MR) is 293 cm³/mol. The highest BCUT2D eigenvalue weighted by Crippen LogP contribution is 2.55. The number of hydrogen-bond donors (Lipinski definition) is 0. The van der Waals surface area contributed by atoms with Crippen LogP contribution in [0.3, 0.4) is 0 Å². The van der Waals surface area contributed by atoms with Crippen molar-refractivity contribution in [2.24, 2.45) is 0 Å². The van der Waals surface area contributed by atoms with Crippen LogP contribution in [0, 0.1) is 43.4 Å². The molecule has 3 heterocycles. The van der Waals surface area contributed by atoms with Gasteiger partial charge in [-0.25, -0.2) is 0 Å². The first-order valence-corrected chi connectivity index (χ1v) is 24.4. The number of rotatable bonds is 6. The SMILES string of the molecule is CC1=CC2c3cc(C)ccc3N(c3c(C#N)c(-n4c5ccc(C)cc5c5cc(-c6ccccc6)ccc54)c(-c4ccccc4)c(-n4c5ccc(C)cc5c5cc(-c6ccccc6)ccc54)c3C#N)C2C=C1. The minimum Gasteiger partial charge on any atom is -0.331 e. The lowest BCUT2D eigenvalue weighted by molar-refractivity contribution is 0.737. The largest absolute Gasteiger partial charge is 0.331 e. The van der Waals surface area contributed by atoms with Gasteiger partial charge in [-0.3, -0.25) is 0 Å². The molecule has 0 saturated heterocycles. The minimum absolute atomic E-state index is 0.00827. The van der Waals surface area contributed by atoms with Crippen molar-refractivity contribution in [3.05, 3.63) is 239 Å². The second-order valence-corrected chi connectivity index (χ2v) is 19.4. The molecule has 0 saturated carbocycles. The third-order valence-electron chi connectivity index (χ3n) is 14.9. The van der Waals surface area contributed by atoms with E-state index in [9.17, 15) is 10.5 Å². The average molecular weight is 910 g/mol. The molecule has 13 rings (SSSR count). The van der Waals surface area contributed by atoms with E-state index < -0.39 is 0 Å². The van der Waals surface area contributed by atoms with Crippen molar-refractivity contribution >= 4 is 55.0 Å². The third-order valence-corrected chi connectivity index (χ3v) is 14.9. The van der Waals surface area contributed by atoms with Crippen LogP contribution in [-0.2, 0) is 0 Å². The van der Waals surface area contributed by atoms with Crippen molar-refractivity contribution in [1.82, 2.24) is 9.13 Å². The summed E-state index contributed by atoms with van der Waals surface area (Å²) in [4.78, 5) is 2.31. The van der Waals surface area contributed by atoms with Gasteiger partial charge in [-0.1, -0.05) is 168 Å². The lowest BCUT2D eigenvalue weighted by atomic mass is 9.87. The summed E-state index contributed by atoms with van der Waals surface area (Å²) in [5, 5.41) is 28.9. The van der Waals surface area contributed by atoms with Crippen molar-refractivity contribution in [3.8, 4) is 56.9 Å². The fourth-order valence-corrected chi connectivity index (χ4v) is 11.8. The summed E-state index contributed by atoms with van der Waals surface area (Å²) in [6.07, 6.45) is 6.80. The standard InChI is InChI=1S/C66H47N5/c1-40-20-26-57-49(32-40)50-33-41(2)21-27-58(50)69(57)64-55(38-67)65(70-59-28-22-42(3)34-51(59)53-36-47(24-30-61(53)70)44-14-8-5-9-15-44)63(46-18-12-7-13-19-46)66(56(64)39-68)71-60-29-23-43(4)35-52(60)54-37-48(25-31-62(54)71)45-16-10-6-11-17-45/h5-37,49,57H,1-4H3. The fraction of sp³-hybridized carbons (Fsp3) is 0.0909. The summed E-state index contributed by atoms with van der Waals surface area (Å²) < 4.78 is 4.65. The van der Waals surface area contributed by atoms with Gasteiger partial charge in [-0.05, 0) is 116 Å². The predicted octanol–water partition coefficient (Wildman–Crippen LogP) is 16.7. The van der Waals surface area contributed by atoms with E-state index >= 15 is 0 Å². The van der Waals surface area contributed by atoms with E-state index in [0.717, 1.165) is 111 Å². The molecule has 1 aliphatic carbocycles. The van der Waals surface area contributed by atoms with Gasteiger partial charge in [0.2, 0.25) is 0 Å². The third kappa shape index (κ3) is 6.44. The molecule has 9 aromatic carbocycles. The zero-order valence-electron chi connectivity index (χ0n) is 39.9. The molecule has 1 aliphatic heterocycles. The highest BCUT2D eigenvalue weighted by atomic mass is 15.2. The van der Waals surface area contributed by atoms with Gasteiger partial charge >= 0.3 is 0 Å². The lowest BCUT2D eigenvalue weighted by Crippen LogP contribution is -2.31. The molecule has 2 aromatic heterocycles. The molecular formula is C66H47N5. The Hall–Kier alpha value is -9.16. The van der Waals surface area contributed by atoms with Crippen LogP contribution in [0.15, 0.2) is 206 Å². The van der Waals surface area contributed by atoms with Crippen LogP contribution >= 0.6 is 0 Å². The van der Waals surface area contributed by atoms with Crippen molar-refractivity contribution in [2.45, 2.75) is 39.7 Å². The van der Waals surface area contributed by atoms with Gasteiger partial charge in [-0.15, -0.1) is 0 Å². The Morgan fingerprint density at radius 1 is 0.423 bits per heavy atom. The minimum atomic E-state index is -0.193. The first-order chi connectivity index (χ1) is 34.8. The van der Waals surface area contributed by atoms with Crippen LogP contribution in [0.5, 0.6) is 0 Å². The molecule has 0 bridgehead atoms. The lowest BCUT2D eigenvalue weighted by Gasteiger charge is -2.33. The highest BCUT2D eigenvalue weighted by Gasteiger charge is 2.43. The normalized spacial score (nSPS) is 15.0. The number of fused-ring (bicyclic) bond motifs is 9. The van der Waals surface area contributed by atoms with Gasteiger partial charge in [0.15, 0.2) is 0 Å². The molecule has 11 aromatic rings. The van der Waals surface area contributed by atoms with E-state index in [1.54, 1.807) is 0 Å². The Morgan fingerprint density at radius 2 is 0.859 bits per heavy atom. The van der Waals surface area contributed by atoms with Crippen LogP contribution in [0.1, 0.15) is 46.2 Å². The van der Waals surface area contributed by atoms with Gasteiger partial charge < -0.3 is 14.0 Å². The second-order valence-electron chi connectivity index (χ2n) is 19.4. The number of allylic oxidation sites excluding steroid dienone is 2. The van der Waals surface area contributed by atoms with E-state index in [4.69, 9.17) is 0 Å². The maximum atomic E-state index is 12.3. The molecule has 2 unspecified atom stereocenters. The van der Waals surface area contributed by atoms with E-state index in [2.05, 4.69) is 248 Å². The number of anilines is 2. The molecular weight excluding hydrogens is 863 g/mol. The van der Waals surface area contributed by atoms with Gasteiger partial charge in [0.25, 0.3) is 0 Å². The zero-order chi connectivity index (χ0) is 48.1. The second kappa shape index (κ2) is 16.2.